The van der Waals surface area contributed by atoms with Crippen molar-refractivity contribution in [3.8, 4) is 23.0 Å². The van der Waals surface area contributed by atoms with Crippen molar-refractivity contribution in [3.05, 3.63) is 33.0 Å². The zero-order valence-corrected chi connectivity index (χ0v) is 17.1. The van der Waals surface area contributed by atoms with Gasteiger partial charge in [-0.2, -0.15) is 0 Å². The molecule has 5 atom stereocenters. The van der Waals surface area contributed by atoms with Crippen molar-refractivity contribution in [2.75, 3.05) is 7.11 Å². The van der Waals surface area contributed by atoms with E-state index in [0.29, 0.717) is 0 Å². The highest BCUT2D eigenvalue weighted by atomic mass is 16.7. The standard InChI is InChI=1S/C21H18O12/c1-5-12(24)13(25)14(26)21(30-5)33-16-9(23)4-7-11-10-6(20(28)32-18(11)16)3-8(22)15(29-2)17(10)31-19(7)27/h3-5,12-14,21-26H,1-2H3/t5-,12-,13-,14+,21+/m1/s1. The van der Waals surface area contributed by atoms with Crippen LogP contribution < -0.4 is 20.7 Å². The Kier molecular flexibility index (Phi) is 4.65. The van der Waals surface area contributed by atoms with E-state index in [0.717, 1.165) is 12.1 Å². The summed E-state index contributed by atoms with van der Waals surface area (Å²) in [6.45, 7) is 1.43. The maximum atomic E-state index is 12.7. The van der Waals surface area contributed by atoms with Crippen LogP contribution in [0.4, 0.5) is 0 Å². The Morgan fingerprint density at radius 3 is 1.88 bits per heavy atom. The maximum absolute atomic E-state index is 12.7. The summed E-state index contributed by atoms with van der Waals surface area (Å²) in [7, 11) is 1.23. The molecule has 2 aromatic heterocycles. The number of aliphatic hydroxyl groups excluding tert-OH is 3. The number of hydrogen-bond acceptors (Lipinski definition) is 12. The monoisotopic (exact) mass is 462 g/mol. The average molecular weight is 462 g/mol. The minimum Gasteiger partial charge on any atom is -0.504 e. The fourth-order valence-electron chi connectivity index (χ4n) is 4.10. The summed E-state index contributed by atoms with van der Waals surface area (Å²) in [5.41, 5.74) is -2.46. The Balaban J connectivity index is 1.82. The number of phenolic OH excluding ortho intramolecular Hbond substituents is 2. The van der Waals surface area contributed by atoms with Crippen molar-refractivity contribution >= 4 is 32.7 Å². The second-order valence-corrected chi connectivity index (χ2v) is 7.74. The zero-order chi connectivity index (χ0) is 23.8. The fourth-order valence-corrected chi connectivity index (χ4v) is 4.10. The first-order valence-electron chi connectivity index (χ1n) is 9.79. The average Bonchev–Trinajstić information content (AvgIpc) is 2.77. The number of rotatable bonds is 3. The molecule has 5 rings (SSSR count). The first-order valence-corrected chi connectivity index (χ1v) is 9.79. The summed E-state index contributed by atoms with van der Waals surface area (Å²) in [5.74, 6) is -1.75. The Hall–Kier alpha value is -3.58. The van der Waals surface area contributed by atoms with Crippen LogP contribution in [0.5, 0.6) is 23.0 Å². The van der Waals surface area contributed by atoms with E-state index in [-0.39, 0.29) is 38.5 Å². The van der Waals surface area contributed by atoms with Crippen molar-refractivity contribution in [2.24, 2.45) is 0 Å². The molecule has 0 aliphatic carbocycles. The van der Waals surface area contributed by atoms with E-state index >= 15 is 0 Å². The van der Waals surface area contributed by atoms with Gasteiger partial charge in [0.05, 0.1) is 24.0 Å². The van der Waals surface area contributed by atoms with Crippen LogP contribution >= 0.6 is 0 Å². The summed E-state index contributed by atoms with van der Waals surface area (Å²) in [6, 6.07) is 2.11. The lowest BCUT2D eigenvalue weighted by Gasteiger charge is -2.38. The molecule has 3 heterocycles. The van der Waals surface area contributed by atoms with Gasteiger partial charge in [-0.1, -0.05) is 0 Å². The van der Waals surface area contributed by atoms with E-state index in [1.54, 1.807) is 0 Å². The van der Waals surface area contributed by atoms with Crippen molar-refractivity contribution in [2.45, 2.75) is 37.6 Å². The second-order valence-electron chi connectivity index (χ2n) is 7.74. The summed E-state index contributed by atoms with van der Waals surface area (Å²) >= 11 is 0. The van der Waals surface area contributed by atoms with Gasteiger partial charge in [0.25, 0.3) is 0 Å². The molecule has 12 heteroatoms. The van der Waals surface area contributed by atoms with Gasteiger partial charge >= 0.3 is 11.3 Å². The van der Waals surface area contributed by atoms with Crippen LogP contribution in [0.15, 0.2) is 30.6 Å². The molecule has 1 fully saturated rings. The maximum Gasteiger partial charge on any atom is 0.344 e. The number of benzene rings is 2. The number of aliphatic hydroxyl groups is 3. The van der Waals surface area contributed by atoms with Crippen molar-refractivity contribution in [3.63, 3.8) is 0 Å². The minimum absolute atomic E-state index is 0.0286. The van der Waals surface area contributed by atoms with Crippen LogP contribution in [0.2, 0.25) is 0 Å². The van der Waals surface area contributed by atoms with E-state index in [9.17, 15) is 35.1 Å². The predicted octanol–water partition coefficient (Wildman–Crippen LogP) is 0.116. The van der Waals surface area contributed by atoms with Crippen molar-refractivity contribution in [1.82, 2.24) is 0 Å². The molecule has 5 N–H and O–H groups in total. The van der Waals surface area contributed by atoms with E-state index in [4.69, 9.17) is 23.0 Å². The van der Waals surface area contributed by atoms with Gasteiger partial charge in [-0.15, -0.1) is 0 Å². The van der Waals surface area contributed by atoms with Crippen molar-refractivity contribution < 1.29 is 48.6 Å². The first-order chi connectivity index (χ1) is 15.6. The molecule has 12 nitrogen and oxygen atoms in total. The van der Waals surface area contributed by atoms with Crippen LogP contribution in [-0.4, -0.2) is 63.3 Å². The molecule has 1 aliphatic heterocycles. The largest absolute Gasteiger partial charge is 0.504 e. The Labute approximate surface area is 182 Å². The lowest BCUT2D eigenvalue weighted by molar-refractivity contribution is -0.268. The highest BCUT2D eigenvalue weighted by Gasteiger charge is 2.44. The third-order valence-electron chi connectivity index (χ3n) is 5.76. The molecule has 1 aliphatic rings. The summed E-state index contributed by atoms with van der Waals surface area (Å²) in [4.78, 5) is 25.4. The molecule has 0 radical (unpaired) electrons. The second kappa shape index (κ2) is 7.22. The Morgan fingerprint density at radius 2 is 1.33 bits per heavy atom. The molecular weight excluding hydrogens is 444 g/mol. The highest BCUT2D eigenvalue weighted by molar-refractivity contribution is 6.22. The molecule has 4 aromatic rings. The predicted molar refractivity (Wildman–Crippen MR) is 110 cm³/mol. The highest BCUT2D eigenvalue weighted by Crippen LogP contribution is 2.45. The molecule has 2 aromatic carbocycles. The van der Waals surface area contributed by atoms with Gasteiger partial charge in [0.15, 0.2) is 22.7 Å². The Morgan fingerprint density at radius 1 is 0.818 bits per heavy atom. The molecular formula is C21H18O12. The van der Waals surface area contributed by atoms with Gasteiger partial charge in [-0.05, 0) is 19.1 Å². The number of hydrogen-bond donors (Lipinski definition) is 5. The van der Waals surface area contributed by atoms with E-state index in [2.05, 4.69) is 0 Å². The quantitative estimate of drug-likeness (QED) is 0.204. The van der Waals surface area contributed by atoms with Crippen molar-refractivity contribution in [1.29, 1.82) is 0 Å². The molecule has 0 spiro atoms. The smallest absolute Gasteiger partial charge is 0.344 e. The van der Waals surface area contributed by atoms with Gasteiger partial charge in [0, 0.05) is 10.8 Å². The molecule has 33 heavy (non-hydrogen) atoms. The van der Waals surface area contributed by atoms with Gasteiger partial charge in [0.2, 0.25) is 17.8 Å². The normalized spacial score (nSPS) is 25.8. The van der Waals surface area contributed by atoms with E-state index < -0.39 is 59.2 Å². The topological polar surface area (TPSA) is 189 Å². The number of methoxy groups -OCH3 is 1. The zero-order valence-electron chi connectivity index (χ0n) is 17.1. The van der Waals surface area contributed by atoms with Gasteiger partial charge < -0.3 is 48.6 Å². The number of aromatic hydroxyl groups is 2. The van der Waals surface area contributed by atoms with Crippen LogP contribution in [0.3, 0.4) is 0 Å². The van der Waals surface area contributed by atoms with Crippen LogP contribution in [0, 0.1) is 0 Å². The molecule has 0 bridgehead atoms. The SMILES string of the molecule is COc1c(O)cc2c(=O)oc3c(O[C@@H]4O[C@H](C)[C@@H](O)[C@@H](O)[C@@H]4O)c(O)cc4c(=O)oc1c2c34. The van der Waals surface area contributed by atoms with Crippen LogP contribution in [0.1, 0.15) is 6.92 Å². The molecule has 0 saturated carbocycles. The summed E-state index contributed by atoms with van der Waals surface area (Å²) in [6.07, 6.45) is -7.24. The Bertz CT molecular complexity index is 1500. The first kappa shape index (κ1) is 21.3. The van der Waals surface area contributed by atoms with E-state index in [1.165, 1.54) is 14.0 Å². The van der Waals surface area contributed by atoms with E-state index in [1.807, 2.05) is 0 Å². The van der Waals surface area contributed by atoms with Gasteiger partial charge in [-0.3, -0.25) is 0 Å². The molecule has 174 valence electrons. The number of phenols is 2. The fraction of sp³-hybridized carbons (Fsp3) is 0.333. The third-order valence-corrected chi connectivity index (χ3v) is 5.76. The lowest BCUT2D eigenvalue weighted by Crippen LogP contribution is -2.58. The lowest BCUT2D eigenvalue weighted by atomic mass is 9.99. The van der Waals surface area contributed by atoms with Crippen LogP contribution in [0.25, 0.3) is 32.7 Å². The number of ether oxygens (including phenoxy) is 3. The minimum atomic E-state index is -1.72. The molecule has 0 unspecified atom stereocenters. The molecule has 1 saturated heterocycles. The third kappa shape index (κ3) is 2.92. The summed E-state index contributed by atoms with van der Waals surface area (Å²) < 4.78 is 26.7. The van der Waals surface area contributed by atoms with Gasteiger partial charge in [-0.25, -0.2) is 9.59 Å². The van der Waals surface area contributed by atoms with Crippen LogP contribution in [-0.2, 0) is 4.74 Å². The van der Waals surface area contributed by atoms with Gasteiger partial charge in [0.1, 0.15) is 18.3 Å². The molecule has 0 amide bonds. The summed E-state index contributed by atoms with van der Waals surface area (Å²) in [5, 5.41) is 50.8.